The fraction of sp³-hybridized carbons (Fsp3) is 0.214. The first-order chi connectivity index (χ1) is 8.19. The summed E-state index contributed by atoms with van der Waals surface area (Å²) < 4.78 is 5.17. The van der Waals surface area contributed by atoms with E-state index in [2.05, 4.69) is 13.2 Å². The molecule has 0 radical (unpaired) electrons. The quantitative estimate of drug-likeness (QED) is 0.606. The second kappa shape index (κ2) is 5.89. The van der Waals surface area contributed by atoms with Crippen molar-refractivity contribution in [3.63, 3.8) is 0 Å². The molecule has 0 bridgehead atoms. The lowest BCUT2D eigenvalue weighted by atomic mass is 9.98. The van der Waals surface area contributed by atoms with E-state index in [0.717, 1.165) is 6.29 Å². The van der Waals surface area contributed by atoms with Crippen molar-refractivity contribution in [3.8, 4) is 11.5 Å². The Kier molecular flexibility index (Phi) is 4.52. The molecule has 0 atom stereocenters. The van der Waals surface area contributed by atoms with E-state index in [4.69, 9.17) is 4.74 Å². The van der Waals surface area contributed by atoms with Gasteiger partial charge in [-0.05, 0) is 24.5 Å². The van der Waals surface area contributed by atoms with Gasteiger partial charge in [0.15, 0.2) is 6.29 Å². The standard InChI is InChI=1S/C14H16O3/c1-4-6-10-8-11(9-15)14(17-3)12(7-5-2)13(10)16/h4-5,8-9,16H,1-2,6-7H2,3H3. The summed E-state index contributed by atoms with van der Waals surface area (Å²) in [5.74, 6) is 0.553. The van der Waals surface area contributed by atoms with Crippen LogP contribution in [0.15, 0.2) is 31.4 Å². The third-order valence-corrected chi connectivity index (χ3v) is 2.50. The first-order valence-corrected chi connectivity index (χ1v) is 5.28. The van der Waals surface area contributed by atoms with Crippen LogP contribution in [-0.4, -0.2) is 18.5 Å². The number of carbonyl (C=O) groups excluding carboxylic acids is 1. The summed E-state index contributed by atoms with van der Waals surface area (Å²) in [6, 6.07) is 1.62. The molecule has 0 heterocycles. The zero-order valence-electron chi connectivity index (χ0n) is 9.90. The summed E-state index contributed by atoms with van der Waals surface area (Å²) in [6.07, 6.45) is 5.00. The minimum Gasteiger partial charge on any atom is -0.507 e. The minimum absolute atomic E-state index is 0.146. The number of phenolic OH excluding ortho intramolecular Hbond substituents is 1. The van der Waals surface area contributed by atoms with Gasteiger partial charge >= 0.3 is 0 Å². The van der Waals surface area contributed by atoms with Gasteiger partial charge in [0.05, 0.1) is 12.7 Å². The van der Waals surface area contributed by atoms with Crippen molar-refractivity contribution in [2.75, 3.05) is 7.11 Å². The Balaban J connectivity index is 3.49. The van der Waals surface area contributed by atoms with E-state index >= 15 is 0 Å². The molecule has 0 saturated carbocycles. The summed E-state index contributed by atoms with van der Waals surface area (Å²) in [4.78, 5) is 11.0. The second-order valence-electron chi connectivity index (χ2n) is 3.59. The molecular weight excluding hydrogens is 216 g/mol. The van der Waals surface area contributed by atoms with E-state index in [1.54, 1.807) is 18.2 Å². The molecule has 0 aromatic heterocycles. The molecule has 0 aliphatic carbocycles. The monoisotopic (exact) mass is 232 g/mol. The van der Waals surface area contributed by atoms with Crippen molar-refractivity contribution in [1.29, 1.82) is 0 Å². The summed E-state index contributed by atoms with van der Waals surface area (Å²) in [7, 11) is 1.47. The summed E-state index contributed by atoms with van der Waals surface area (Å²) in [5, 5.41) is 10.1. The van der Waals surface area contributed by atoms with Crippen molar-refractivity contribution < 1.29 is 14.6 Å². The molecular formula is C14H16O3. The molecule has 3 nitrogen and oxygen atoms in total. The topological polar surface area (TPSA) is 46.5 Å². The zero-order chi connectivity index (χ0) is 12.8. The molecule has 1 rings (SSSR count). The molecule has 0 fully saturated rings. The van der Waals surface area contributed by atoms with Crippen LogP contribution in [0.25, 0.3) is 0 Å². The number of allylic oxidation sites excluding steroid dienone is 2. The van der Waals surface area contributed by atoms with Crippen LogP contribution in [0.2, 0.25) is 0 Å². The van der Waals surface area contributed by atoms with E-state index in [1.165, 1.54) is 7.11 Å². The maximum atomic E-state index is 11.0. The number of hydrogen-bond donors (Lipinski definition) is 1. The van der Waals surface area contributed by atoms with Crippen LogP contribution >= 0.6 is 0 Å². The number of phenols is 1. The smallest absolute Gasteiger partial charge is 0.153 e. The number of methoxy groups -OCH3 is 1. The van der Waals surface area contributed by atoms with Crippen LogP contribution in [0.4, 0.5) is 0 Å². The molecule has 1 aromatic carbocycles. The van der Waals surface area contributed by atoms with Gasteiger partial charge in [0.1, 0.15) is 11.5 Å². The predicted octanol–water partition coefficient (Wildman–Crippen LogP) is 2.67. The van der Waals surface area contributed by atoms with Gasteiger partial charge in [-0.1, -0.05) is 12.2 Å². The van der Waals surface area contributed by atoms with Gasteiger partial charge in [0.2, 0.25) is 0 Å². The van der Waals surface area contributed by atoms with Gasteiger partial charge in [-0.2, -0.15) is 0 Å². The third-order valence-electron chi connectivity index (χ3n) is 2.50. The van der Waals surface area contributed by atoms with Gasteiger partial charge in [0.25, 0.3) is 0 Å². The maximum Gasteiger partial charge on any atom is 0.153 e. The van der Waals surface area contributed by atoms with Crippen LogP contribution < -0.4 is 4.74 Å². The van der Waals surface area contributed by atoms with Crippen molar-refractivity contribution in [2.24, 2.45) is 0 Å². The molecule has 0 aliphatic rings. The first kappa shape index (κ1) is 13.0. The molecule has 1 aromatic rings. The highest BCUT2D eigenvalue weighted by Crippen LogP contribution is 2.35. The lowest BCUT2D eigenvalue weighted by molar-refractivity contribution is 0.112. The summed E-state index contributed by atoms with van der Waals surface area (Å²) in [6.45, 7) is 7.25. The van der Waals surface area contributed by atoms with Crippen LogP contribution in [0.3, 0.4) is 0 Å². The highest BCUT2D eigenvalue weighted by Gasteiger charge is 2.16. The number of hydrogen-bond acceptors (Lipinski definition) is 3. The summed E-state index contributed by atoms with van der Waals surface area (Å²) in [5.41, 5.74) is 1.68. The van der Waals surface area contributed by atoms with Gasteiger partial charge < -0.3 is 9.84 Å². The van der Waals surface area contributed by atoms with Crippen molar-refractivity contribution in [3.05, 3.63) is 48.1 Å². The van der Waals surface area contributed by atoms with E-state index in [1.807, 2.05) is 0 Å². The zero-order valence-corrected chi connectivity index (χ0v) is 9.90. The summed E-state index contributed by atoms with van der Waals surface area (Å²) >= 11 is 0. The Morgan fingerprint density at radius 1 is 1.35 bits per heavy atom. The predicted molar refractivity (Wildman–Crippen MR) is 67.8 cm³/mol. The molecule has 0 amide bonds. The number of aromatic hydroxyl groups is 1. The fourth-order valence-corrected chi connectivity index (χ4v) is 1.77. The Morgan fingerprint density at radius 2 is 2.00 bits per heavy atom. The van der Waals surface area contributed by atoms with Gasteiger partial charge in [-0.25, -0.2) is 0 Å². The van der Waals surface area contributed by atoms with E-state index in [9.17, 15) is 9.90 Å². The Bertz CT molecular complexity index is 447. The SMILES string of the molecule is C=CCc1cc(C=O)c(OC)c(CC=C)c1O. The number of aldehydes is 1. The van der Waals surface area contributed by atoms with Gasteiger partial charge in [-0.15, -0.1) is 13.2 Å². The minimum atomic E-state index is 0.146. The number of benzene rings is 1. The first-order valence-electron chi connectivity index (χ1n) is 5.28. The average Bonchev–Trinajstić information content (AvgIpc) is 2.34. The molecule has 0 spiro atoms. The van der Waals surface area contributed by atoms with E-state index in [-0.39, 0.29) is 5.75 Å². The molecule has 3 heteroatoms. The van der Waals surface area contributed by atoms with Crippen LogP contribution in [0, 0.1) is 0 Å². The number of carbonyl (C=O) groups is 1. The highest BCUT2D eigenvalue weighted by atomic mass is 16.5. The highest BCUT2D eigenvalue weighted by molar-refractivity contribution is 5.82. The van der Waals surface area contributed by atoms with Crippen LogP contribution in [0.1, 0.15) is 21.5 Å². The fourth-order valence-electron chi connectivity index (χ4n) is 1.77. The lowest BCUT2D eigenvalue weighted by Gasteiger charge is -2.14. The largest absolute Gasteiger partial charge is 0.507 e. The van der Waals surface area contributed by atoms with Crippen LogP contribution in [0.5, 0.6) is 11.5 Å². The normalized spacial score (nSPS) is 9.71. The van der Waals surface area contributed by atoms with Crippen molar-refractivity contribution >= 4 is 6.29 Å². The molecule has 1 N–H and O–H groups in total. The van der Waals surface area contributed by atoms with E-state index in [0.29, 0.717) is 35.3 Å². The number of rotatable bonds is 6. The number of ether oxygens (including phenoxy) is 1. The average molecular weight is 232 g/mol. The molecule has 0 unspecified atom stereocenters. The maximum absolute atomic E-state index is 11.0. The third kappa shape index (κ3) is 2.56. The Morgan fingerprint density at radius 3 is 2.47 bits per heavy atom. The van der Waals surface area contributed by atoms with Crippen LogP contribution in [-0.2, 0) is 12.8 Å². The molecule has 0 saturated heterocycles. The van der Waals surface area contributed by atoms with Gasteiger partial charge in [-0.3, -0.25) is 4.79 Å². The lowest BCUT2D eigenvalue weighted by Crippen LogP contribution is -2.00. The van der Waals surface area contributed by atoms with Crippen molar-refractivity contribution in [1.82, 2.24) is 0 Å². The Labute approximate surface area is 101 Å². The second-order valence-corrected chi connectivity index (χ2v) is 3.59. The van der Waals surface area contributed by atoms with Crippen molar-refractivity contribution in [2.45, 2.75) is 12.8 Å². The molecule has 17 heavy (non-hydrogen) atoms. The molecule has 0 aliphatic heterocycles. The molecule has 90 valence electrons. The van der Waals surface area contributed by atoms with Gasteiger partial charge in [0, 0.05) is 5.56 Å². The van der Waals surface area contributed by atoms with E-state index < -0.39 is 0 Å². The Hall–Kier alpha value is -2.03.